The molecule has 4 aromatic rings. The zero-order valence-corrected chi connectivity index (χ0v) is 15.4. The van der Waals surface area contributed by atoms with Crippen molar-refractivity contribution < 1.29 is 9.21 Å². The average molecular weight is 374 g/mol. The Hall–Kier alpha value is -3.43. The maximum Gasteiger partial charge on any atom is 0.349 e. The molecule has 2 aromatic heterocycles. The lowest BCUT2D eigenvalue weighted by molar-refractivity contribution is 0.102. The van der Waals surface area contributed by atoms with E-state index in [0.29, 0.717) is 21.5 Å². The summed E-state index contributed by atoms with van der Waals surface area (Å²) in [5, 5.41) is 15.0. The van der Waals surface area contributed by atoms with E-state index in [1.165, 1.54) is 11.3 Å². The predicted octanol–water partition coefficient (Wildman–Crippen LogP) is 4.75. The van der Waals surface area contributed by atoms with Crippen molar-refractivity contribution in [2.45, 2.75) is 13.8 Å². The van der Waals surface area contributed by atoms with Gasteiger partial charge >= 0.3 is 5.63 Å². The molecule has 0 radical (unpaired) electrons. The van der Waals surface area contributed by atoms with Crippen LogP contribution >= 0.6 is 11.3 Å². The van der Waals surface area contributed by atoms with E-state index >= 15 is 0 Å². The minimum atomic E-state index is -0.709. The van der Waals surface area contributed by atoms with E-state index in [4.69, 9.17) is 4.42 Å². The number of amides is 1. The Morgan fingerprint density at radius 1 is 1.15 bits per heavy atom. The monoisotopic (exact) mass is 374 g/mol. The van der Waals surface area contributed by atoms with Gasteiger partial charge in [0.15, 0.2) is 0 Å². The number of nitriles is 1. The molecule has 0 atom stereocenters. The topological polar surface area (TPSA) is 83.1 Å². The first-order valence-electron chi connectivity index (χ1n) is 8.26. The SMILES string of the molecule is Cc1sc(NC(=O)c2cc3c(ccc4ccccc43)oc2=O)c(C#N)c1C. The molecule has 0 spiro atoms. The molecule has 0 aliphatic carbocycles. The van der Waals surface area contributed by atoms with Gasteiger partial charge in [-0.2, -0.15) is 5.26 Å². The van der Waals surface area contributed by atoms with Crippen LogP contribution in [-0.2, 0) is 0 Å². The minimum Gasteiger partial charge on any atom is -0.422 e. The van der Waals surface area contributed by atoms with Gasteiger partial charge < -0.3 is 9.73 Å². The standard InChI is InChI=1S/C21H14N2O3S/c1-11-12(2)27-20(17(11)10-22)23-19(24)16-9-15-14-6-4-3-5-13(14)7-8-18(15)26-21(16)25/h3-9H,1-2H3,(H,23,24). The van der Waals surface area contributed by atoms with Crippen LogP contribution in [-0.4, -0.2) is 5.91 Å². The van der Waals surface area contributed by atoms with Crippen LogP contribution in [0.2, 0.25) is 0 Å². The van der Waals surface area contributed by atoms with Gasteiger partial charge in [-0.15, -0.1) is 11.3 Å². The number of carbonyl (C=O) groups excluding carboxylic acids is 1. The molecule has 0 aliphatic rings. The molecule has 2 aromatic carbocycles. The van der Waals surface area contributed by atoms with Crippen molar-refractivity contribution in [3.05, 3.63) is 74.5 Å². The molecule has 1 N–H and O–H groups in total. The van der Waals surface area contributed by atoms with Gasteiger partial charge in [-0.1, -0.05) is 30.3 Å². The minimum absolute atomic E-state index is 0.0913. The molecule has 27 heavy (non-hydrogen) atoms. The van der Waals surface area contributed by atoms with E-state index < -0.39 is 11.5 Å². The number of fused-ring (bicyclic) bond motifs is 3. The molecular formula is C21H14N2O3S. The van der Waals surface area contributed by atoms with Gasteiger partial charge in [0, 0.05) is 10.3 Å². The third-order valence-corrected chi connectivity index (χ3v) is 5.73. The number of anilines is 1. The van der Waals surface area contributed by atoms with Crippen molar-refractivity contribution in [3.63, 3.8) is 0 Å². The first-order chi connectivity index (χ1) is 13.0. The zero-order valence-electron chi connectivity index (χ0n) is 14.6. The normalized spacial score (nSPS) is 10.9. The van der Waals surface area contributed by atoms with Crippen LogP contribution in [0.25, 0.3) is 21.7 Å². The molecule has 6 heteroatoms. The quantitative estimate of drug-likeness (QED) is 0.405. The third kappa shape index (κ3) is 2.78. The molecule has 132 valence electrons. The van der Waals surface area contributed by atoms with Gasteiger partial charge in [0.2, 0.25) is 0 Å². The number of nitrogens with zero attached hydrogens (tertiary/aromatic N) is 1. The molecule has 0 aliphatic heterocycles. The second kappa shape index (κ2) is 6.38. The second-order valence-electron chi connectivity index (χ2n) is 6.20. The van der Waals surface area contributed by atoms with Crippen molar-refractivity contribution in [1.29, 1.82) is 5.26 Å². The largest absolute Gasteiger partial charge is 0.422 e. The summed E-state index contributed by atoms with van der Waals surface area (Å²) < 4.78 is 5.37. The zero-order chi connectivity index (χ0) is 19.1. The fourth-order valence-corrected chi connectivity index (χ4v) is 4.06. The Kier molecular flexibility index (Phi) is 4.02. The summed E-state index contributed by atoms with van der Waals surface area (Å²) in [7, 11) is 0. The first-order valence-corrected chi connectivity index (χ1v) is 9.08. The molecular weight excluding hydrogens is 360 g/mol. The van der Waals surface area contributed by atoms with Crippen LogP contribution in [0.3, 0.4) is 0 Å². The fourth-order valence-electron chi connectivity index (χ4n) is 3.05. The Morgan fingerprint density at radius 2 is 1.93 bits per heavy atom. The van der Waals surface area contributed by atoms with Gasteiger partial charge in [0.25, 0.3) is 5.91 Å². The molecule has 4 rings (SSSR count). The lowest BCUT2D eigenvalue weighted by Crippen LogP contribution is -2.20. The van der Waals surface area contributed by atoms with Gasteiger partial charge in [0.05, 0.1) is 5.56 Å². The number of hydrogen-bond donors (Lipinski definition) is 1. The summed E-state index contributed by atoms with van der Waals surface area (Å²) in [5.74, 6) is -0.587. The van der Waals surface area contributed by atoms with Gasteiger partial charge in [-0.05, 0) is 42.3 Å². The van der Waals surface area contributed by atoms with Crippen LogP contribution in [0.4, 0.5) is 5.00 Å². The van der Waals surface area contributed by atoms with Crippen molar-refractivity contribution in [2.24, 2.45) is 0 Å². The van der Waals surface area contributed by atoms with Crippen LogP contribution in [0, 0.1) is 25.2 Å². The molecule has 0 unspecified atom stereocenters. The summed E-state index contributed by atoms with van der Waals surface area (Å²) in [6.45, 7) is 3.71. The molecule has 0 fully saturated rings. The van der Waals surface area contributed by atoms with Crippen molar-refractivity contribution in [3.8, 4) is 6.07 Å². The highest BCUT2D eigenvalue weighted by atomic mass is 32.1. The summed E-state index contributed by atoms with van der Waals surface area (Å²) in [6.07, 6.45) is 0. The summed E-state index contributed by atoms with van der Waals surface area (Å²) in [5.41, 5.74) is 0.872. The van der Waals surface area contributed by atoms with E-state index in [-0.39, 0.29) is 5.56 Å². The van der Waals surface area contributed by atoms with Gasteiger partial charge in [-0.25, -0.2) is 4.79 Å². The van der Waals surface area contributed by atoms with Gasteiger partial charge in [-0.3, -0.25) is 4.79 Å². The van der Waals surface area contributed by atoms with E-state index in [0.717, 1.165) is 21.2 Å². The predicted molar refractivity (Wildman–Crippen MR) is 106 cm³/mol. The van der Waals surface area contributed by atoms with Crippen molar-refractivity contribution in [1.82, 2.24) is 0 Å². The smallest absolute Gasteiger partial charge is 0.349 e. The third-order valence-electron chi connectivity index (χ3n) is 4.61. The summed E-state index contributed by atoms with van der Waals surface area (Å²) in [6, 6.07) is 14.9. The maximum atomic E-state index is 12.7. The number of thiophene rings is 1. The molecule has 5 nitrogen and oxygen atoms in total. The van der Waals surface area contributed by atoms with E-state index in [1.807, 2.05) is 44.2 Å². The maximum absolute atomic E-state index is 12.7. The van der Waals surface area contributed by atoms with E-state index in [9.17, 15) is 14.9 Å². The Labute approximate surface area is 158 Å². The molecule has 0 saturated carbocycles. The van der Waals surface area contributed by atoms with Crippen LogP contribution in [0.15, 0.2) is 51.7 Å². The molecule has 1 amide bonds. The van der Waals surface area contributed by atoms with Crippen LogP contribution in [0.5, 0.6) is 0 Å². The summed E-state index contributed by atoms with van der Waals surface area (Å²) in [4.78, 5) is 26.0. The van der Waals surface area contributed by atoms with Crippen molar-refractivity contribution >= 4 is 44.0 Å². The number of aryl methyl sites for hydroxylation is 1. The fraction of sp³-hybridized carbons (Fsp3) is 0.0952. The number of rotatable bonds is 2. The summed E-state index contributed by atoms with van der Waals surface area (Å²) >= 11 is 1.31. The van der Waals surface area contributed by atoms with E-state index in [1.54, 1.807) is 12.1 Å². The number of hydrogen-bond acceptors (Lipinski definition) is 5. The van der Waals surface area contributed by atoms with Crippen LogP contribution < -0.4 is 10.9 Å². The molecule has 2 heterocycles. The highest BCUT2D eigenvalue weighted by Crippen LogP contribution is 2.32. The Bertz CT molecular complexity index is 1330. The highest BCUT2D eigenvalue weighted by molar-refractivity contribution is 7.16. The first kappa shape index (κ1) is 17.0. The highest BCUT2D eigenvalue weighted by Gasteiger charge is 2.19. The number of carbonyl (C=O) groups is 1. The average Bonchev–Trinajstić information content (AvgIpc) is 2.93. The molecule has 0 saturated heterocycles. The van der Waals surface area contributed by atoms with Crippen molar-refractivity contribution in [2.75, 3.05) is 5.32 Å². The lowest BCUT2D eigenvalue weighted by Gasteiger charge is -2.06. The van der Waals surface area contributed by atoms with Crippen LogP contribution in [0.1, 0.15) is 26.4 Å². The number of nitrogens with one attached hydrogen (secondary N) is 1. The Morgan fingerprint density at radius 3 is 2.70 bits per heavy atom. The Balaban J connectivity index is 1.84. The number of benzene rings is 2. The molecule has 0 bridgehead atoms. The second-order valence-corrected chi connectivity index (χ2v) is 7.42. The van der Waals surface area contributed by atoms with E-state index in [2.05, 4.69) is 11.4 Å². The lowest BCUT2D eigenvalue weighted by atomic mass is 10.0. The van der Waals surface area contributed by atoms with Gasteiger partial charge in [0.1, 0.15) is 22.2 Å².